The Morgan fingerprint density at radius 3 is 2.50 bits per heavy atom. The average molecular weight is 537 g/mol. The number of esters is 1. The fourth-order valence-electron chi connectivity index (χ4n) is 3.00. The molecule has 0 spiro atoms. The topological polar surface area (TPSA) is 64.6 Å². The molecule has 32 heavy (non-hydrogen) atoms. The van der Waals surface area contributed by atoms with Crippen molar-refractivity contribution in [3.05, 3.63) is 68.5 Å². The first-order valence-electron chi connectivity index (χ1n) is 10.1. The van der Waals surface area contributed by atoms with Crippen molar-refractivity contribution in [2.45, 2.75) is 26.7 Å². The molecule has 1 heterocycles. The first kappa shape index (κ1) is 24.3. The molecule has 0 unspecified atom stereocenters. The molecule has 3 aromatic rings. The number of hydrogen-bond donors (Lipinski definition) is 1. The van der Waals surface area contributed by atoms with Crippen molar-refractivity contribution in [1.82, 2.24) is 0 Å². The van der Waals surface area contributed by atoms with E-state index in [2.05, 4.69) is 35.1 Å². The molecule has 1 aromatic heterocycles. The minimum atomic E-state index is -0.498. The van der Waals surface area contributed by atoms with E-state index in [1.165, 1.54) is 16.9 Å². The number of carbonyl (C=O) groups excluding carboxylic acids is 2. The van der Waals surface area contributed by atoms with Crippen LogP contribution in [0.1, 0.15) is 42.6 Å². The molecule has 0 aliphatic carbocycles. The summed E-state index contributed by atoms with van der Waals surface area (Å²) in [6.45, 7) is 5.98. The number of hydrogen-bond acceptors (Lipinski definition) is 5. The Kier molecular flexibility index (Phi) is 8.34. The van der Waals surface area contributed by atoms with Crippen molar-refractivity contribution in [2.24, 2.45) is 0 Å². The Bertz CT molecular complexity index is 1110. The van der Waals surface area contributed by atoms with Crippen molar-refractivity contribution < 1.29 is 19.1 Å². The second kappa shape index (κ2) is 11.0. The summed E-state index contributed by atoms with van der Waals surface area (Å²) in [6, 6.07) is 12.9. The maximum atomic E-state index is 12.6. The summed E-state index contributed by atoms with van der Waals surface area (Å²) in [7, 11) is 0. The lowest BCUT2D eigenvalue weighted by Gasteiger charge is -2.12. The molecule has 0 aliphatic heterocycles. The zero-order valence-corrected chi connectivity index (χ0v) is 21.1. The Morgan fingerprint density at radius 2 is 1.88 bits per heavy atom. The van der Waals surface area contributed by atoms with Gasteiger partial charge in [-0.05, 0) is 64.2 Å². The molecule has 0 radical (unpaired) electrons. The molecule has 1 N–H and O–H groups in total. The van der Waals surface area contributed by atoms with E-state index in [1.54, 1.807) is 19.1 Å². The number of halogens is 2. The van der Waals surface area contributed by atoms with Crippen LogP contribution in [-0.4, -0.2) is 25.1 Å². The lowest BCUT2D eigenvalue weighted by Crippen LogP contribution is -2.21. The molecule has 0 aliphatic rings. The van der Waals surface area contributed by atoms with Crippen molar-refractivity contribution in [2.75, 3.05) is 18.5 Å². The van der Waals surface area contributed by atoms with Gasteiger partial charge in [0.15, 0.2) is 6.61 Å². The Labute approximate surface area is 204 Å². The highest BCUT2D eigenvalue weighted by atomic mass is 79.9. The van der Waals surface area contributed by atoms with Gasteiger partial charge in [-0.1, -0.05) is 43.6 Å². The normalized spacial score (nSPS) is 10.8. The molecular weight excluding hydrogens is 514 g/mol. The molecule has 5 nitrogen and oxygen atoms in total. The standard InChI is InChI=1S/C24H23BrClNO4S/c1-4-30-24(29)22-18(15-5-8-17(26)9-6-15)13-32-23(22)27-21(28)12-31-20-10-7-16(14(2)3)11-19(20)25/h5-11,13-14H,4,12H2,1-3H3,(H,27,28). The van der Waals surface area contributed by atoms with Crippen molar-refractivity contribution in [1.29, 1.82) is 0 Å². The van der Waals surface area contributed by atoms with Crippen LogP contribution >= 0.6 is 38.9 Å². The van der Waals surface area contributed by atoms with E-state index in [0.29, 0.717) is 32.8 Å². The second-order valence-electron chi connectivity index (χ2n) is 7.26. The molecule has 168 valence electrons. The van der Waals surface area contributed by atoms with E-state index in [4.69, 9.17) is 21.1 Å². The molecule has 0 bridgehead atoms. The second-order valence-corrected chi connectivity index (χ2v) is 9.43. The zero-order chi connectivity index (χ0) is 23.3. The summed E-state index contributed by atoms with van der Waals surface area (Å²) in [5, 5.41) is 5.61. The molecule has 1 amide bonds. The number of carbonyl (C=O) groups is 2. The van der Waals surface area contributed by atoms with Gasteiger partial charge in [-0.25, -0.2) is 4.79 Å². The number of benzene rings is 2. The van der Waals surface area contributed by atoms with Gasteiger partial charge in [0.25, 0.3) is 5.91 Å². The van der Waals surface area contributed by atoms with Crippen molar-refractivity contribution >= 4 is 55.7 Å². The Hall–Kier alpha value is -2.35. The van der Waals surface area contributed by atoms with Gasteiger partial charge < -0.3 is 14.8 Å². The molecule has 2 aromatic carbocycles. The van der Waals surface area contributed by atoms with E-state index < -0.39 is 5.97 Å². The largest absolute Gasteiger partial charge is 0.483 e. The van der Waals surface area contributed by atoms with Crippen LogP contribution in [0.4, 0.5) is 5.00 Å². The minimum Gasteiger partial charge on any atom is -0.483 e. The monoisotopic (exact) mass is 535 g/mol. The highest BCUT2D eigenvalue weighted by molar-refractivity contribution is 9.10. The fourth-order valence-corrected chi connectivity index (χ4v) is 4.61. The van der Waals surface area contributed by atoms with Crippen LogP contribution in [0.15, 0.2) is 52.3 Å². The average Bonchev–Trinajstić information content (AvgIpc) is 3.17. The highest BCUT2D eigenvalue weighted by Crippen LogP contribution is 2.37. The number of nitrogens with one attached hydrogen (secondary N) is 1. The van der Waals surface area contributed by atoms with Crippen LogP contribution in [0.5, 0.6) is 5.75 Å². The molecule has 0 fully saturated rings. The number of thiophene rings is 1. The third-order valence-electron chi connectivity index (χ3n) is 4.66. The van der Waals surface area contributed by atoms with Crippen LogP contribution in [0.2, 0.25) is 5.02 Å². The highest BCUT2D eigenvalue weighted by Gasteiger charge is 2.23. The summed E-state index contributed by atoms with van der Waals surface area (Å²) in [5.74, 6) is 0.0867. The maximum absolute atomic E-state index is 12.6. The Balaban J connectivity index is 1.77. The number of rotatable bonds is 8. The summed E-state index contributed by atoms with van der Waals surface area (Å²) in [4.78, 5) is 25.2. The van der Waals surface area contributed by atoms with Gasteiger partial charge in [-0.15, -0.1) is 11.3 Å². The van der Waals surface area contributed by atoms with Crippen LogP contribution in [-0.2, 0) is 9.53 Å². The molecular formula is C24H23BrClNO4S. The molecule has 0 atom stereocenters. The van der Waals surface area contributed by atoms with Crippen LogP contribution in [0, 0.1) is 0 Å². The predicted octanol–water partition coefficient (Wildman–Crippen LogP) is 7.15. The lowest BCUT2D eigenvalue weighted by molar-refractivity contribution is -0.118. The van der Waals surface area contributed by atoms with Gasteiger partial charge in [0.05, 0.1) is 11.1 Å². The number of anilines is 1. The first-order chi connectivity index (χ1) is 15.3. The van der Waals surface area contributed by atoms with E-state index in [-0.39, 0.29) is 19.1 Å². The maximum Gasteiger partial charge on any atom is 0.341 e. The van der Waals surface area contributed by atoms with E-state index in [1.807, 2.05) is 35.7 Å². The third-order valence-corrected chi connectivity index (χ3v) is 6.43. The predicted molar refractivity (Wildman–Crippen MR) is 133 cm³/mol. The minimum absolute atomic E-state index is 0.198. The number of amides is 1. The quantitative estimate of drug-likeness (QED) is 0.311. The van der Waals surface area contributed by atoms with Crippen LogP contribution in [0.25, 0.3) is 11.1 Å². The molecule has 3 rings (SSSR count). The van der Waals surface area contributed by atoms with Gasteiger partial charge in [-0.2, -0.15) is 0 Å². The molecule has 0 saturated heterocycles. The smallest absolute Gasteiger partial charge is 0.341 e. The van der Waals surface area contributed by atoms with Gasteiger partial charge >= 0.3 is 5.97 Å². The summed E-state index contributed by atoms with van der Waals surface area (Å²) in [6.07, 6.45) is 0. The van der Waals surface area contributed by atoms with E-state index in [9.17, 15) is 9.59 Å². The van der Waals surface area contributed by atoms with Crippen LogP contribution in [0.3, 0.4) is 0 Å². The lowest BCUT2D eigenvalue weighted by atomic mass is 10.0. The molecule has 8 heteroatoms. The van der Waals surface area contributed by atoms with Crippen molar-refractivity contribution in [3.63, 3.8) is 0 Å². The molecule has 0 saturated carbocycles. The van der Waals surface area contributed by atoms with Gasteiger partial charge in [0, 0.05) is 16.0 Å². The Morgan fingerprint density at radius 1 is 1.16 bits per heavy atom. The van der Waals surface area contributed by atoms with E-state index in [0.717, 1.165) is 10.0 Å². The fraction of sp³-hybridized carbons (Fsp3) is 0.250. The SMILES string of the molecule is CCOC(=O)c1c(-c2ccc(Cl)cc2)csc1NC(=O)COc1ccc(C(C)C)cc1Br. The van der Waals surface area contributed by atoms with Gasteiger partial charge in [-0.3, -0.25) is 4.79 Å². The number of ether oxygens (including phenoxy) is 2. The third kappa shape index (κ3) is 5.91. The van der Waals surface area contributed by atoms with E-state index >= 15 is 0 Å². The van der Waals surface area contributed by atoms with Gasteiger partial charge in [0.1, 0.15) is 16.3 Å². The van der Waals surface area contributed by atoms with Crippen LogP contribution < -0.4 is 10.1 Å². The first-order valence-corrected chi connectivity index (χ1v) is 12.1. The van der Waals surface area contributed by atoms with Gasteiger partial charge in [0.2, 0.25) is 0 Å². The summed E-state index contributed by atoms with van der Waals surface area (Å²) < 4.78 is 11.7. The summed E-state index contributed by atoms with van der Waals surface area (Å²) in [5.41, 5.74) is 2.96. The summed E-state index contributed by atoms with van der Waals surface area (Å²) >= 11 is 10.7. The zero-order valence-electron chi connectivity index (χ0n) is 17.9. The van der Waals surface area contributed by atoms with Crippen molar-refractivity contribution in [3.8, 4) is 16.9 Å².